The van der Waals surface area contributed by atoms with E-state index in [1.807, 2.05) is 19.1 Å². The van der Waals surface area contributed by atoms with Crippen molar-refractivity contribution in [2.75, 3.05) is 5.75 Å². The lowest BCUT2D eigenvalue weighted by Gasteiger charge is -2.19. The Morgan fingerprint density at radius 1 is 1.39 bits per heavy atom. The third-order valence-corrected chi connectivity index (χ3v) is 5.07. The van der Waals surface area contributed by atoms with Gasteiger partial charge in [-0.1, -0.05) is 41.4 Å². The SMILES string of the molecule is CC(NC1C=CS(=O)(=O)C1)c1cccc(Cl)c1Cl. The highest BCUT2D eigenvalue weighted by atomic mass is 35.5. The van der Waals surface area contributed by atoms with E-state index >= 15 is 0 Å². The summed E-state index contributed by atoms with van der Waals surface area (Å²) in [6.07, 6.45) is 1.66. The van der Waals surface area contributed by atoms with Crippen LogP contribution in [0.1, 0.15) is 18.5 Å². The van der Waals surface area contributed by atoms with E-state index < -0.39 is 9.84 Å². The molecule has 1 N–H and O–H groups in total. The molecule has 2 atom stereocenters. The standard InChI is InChI=1S/C12H13Cl2NO2S/c1-8(10-3-2-4-11(13)12(10)14)15-9-5-6-18(16,17)7-9/h2-6,8-9,15H,7H2,1H3. The van der Waals surface area contributed by atoms with Gasteiger partial charge in [-0.05, 0) is 18.6 Å². The van der Waals surface area contributed by atoms with E-state index in [0.717, 1.165) is 5.56 Å². The summed E-state index contributed by atoms with van der Waals surface area (Å²) in [6.45, 7) is 1.93. The molecule has 1 heterocycles. The van der Waals surface area contributed by atoms with E-state index in [2.05, 4.69) is 5.32 Å². The van der Waals surface area contributed by atoms with Crippen LogP contribution in [0.3, 0.4) is 0 Å². The van der Waals surface area contributed by atoms with Gasteiger partial charge in [0, 0.05) is 17.5 Å². The van der Waals surface area contributed by atoms with Gasteiger partial charge in [-0.3, -0.25) is 0 Å². The van der Waals surface area contributed by atoms with E-state index in [1.54, 1.807) is 12.1 Å². The molecule has 0 aromatic heterocycles. The smallest absolute Gasteiger partial charge is 0.173 e. The molecule has 6 heteroatoms. The van der Waals surface area contributed by atoms with Crippen LogP contribution in [0.25, 0.3) is 0 Å². The first kappa shape index (κ1) is 13.9. The van der Waals surface area contributed by atoms with Gasteiger partial charge in [0.05, 0.1) is 15.8 Å². The van der Waals surface area contributed by atoms with Crippen LogP contribution < -0.4 is 5.32 Å². The Morgan fingerprint density at radius 3 is 2.72 bits per heavy atom. The van der Waals surface area contributed by atoms with Crippen LogP contribution in [0.5, 0.6) is 0 Å². The number of sulfone groups is 1. The molecule has 0 saturated carbocycles. The average molecular weight is 306 g/mol. The number of hydrogen-bond acceptors (Lipinski definition) is 3. The molecule has 0 bridgehead atoms. The molecule has 0 amide bonds. The van der Waals surface area contributed by atoms with Gasteiger partial charge < -0.3 is 5.32 Å². The van der Waals surface area contributed by atoms with Gasteiger partial charge in [-0.15, -0.1) is 0 Å². The highest BCUT2D eigenvalue weighted by molar-refractivity contribution is 7.94. The maximum absolute atomic E-state index is 11.3. The molecule has 0 fully saturated rings. The lowest BCUT2D eigenvalue weighted by molar-refractivity contribution is 0.535. The molecule has 1 aromatic rings. The minimum Gasteiger partial charge on any atom is -0.303 e. The number of nitrogens with one attached hydrogen (secondary N) is 1. The van der Waals surface area contributed by atoms with Crippen molar-refractivity contribution in [1.82, 2.24) is 5.32 Å². The van der Waals surface area contributed by atoms with Crippen molar-refractivity contribution in [2.24, 2.45) is 0 Å². The summed E-state index contributed by atoms with van der Waals surface area (Å²) in [7, 11) is -3.04. The highest BCUT2D eigenvalue weighted by Gasteiger charge is 2.23. The molecule has 1 aromatic carbocycles. The predicted octanol–water partition coefficient (Wildman–Crippen LogP) is 2.95. The fraction of sp³-hybridized carbons (Fsp3) is 0.333. The summed E-state index contributed by atoms with van der Waals surface area (Å²) >= 11 is 12.1. The van der Waals surface area contributed by atoms with Crippen molar-refractivity contribution >= 4 is 33.0 Å². The van der Waals surface area contributed by atoms with Gasteiger partial charge in [0.2, 0.25) is 0 Å². The minimum absolute atomic E-state index is 0.0702. The molecule has 0 aliphatic carbocycles. The summed E-state index contributed by atoms with van der Waals surface area (Å²) in [4.78, 5) is 0. The summed E-state index contributed by atoms with van der Waals surface area (Å²) in [5, 5.41) is 5.46. The molecular formula is C12H13Cl2NO2S. The molecule has 0 saturated heterocycles. The van der Waals surface area contributed by atoms with Crippen LogP contribution >= 0.6 is 23.2 Å². The molecule has 3 nitrogen and oxygen atoms in total. The lowest BCUT2D eigenvalue weighted by Crippen LogP contribution is -2.32. The van der Waals surface area contributed by atoms with E-state index in [9.17, 15) is 8.42 Å². The van der Waals surface area contributed by atoms with Gasteiger partial charge in [0.1, 0.15) is 0 Å². The van der Waals surface area contributed by atoms with Crippen molar-refractivity contribution in [3.05, 3.63) is 45.3 Å². The number of halogens is 2. The van der Waals surface area contributed by atoms with Crippen LogP contribution in [-0.2, 0) is 9.84 Å². The third-order valence-electron chi connectivity index (χ3n) is 2.84. The Bertz CT molecular complexity index is 584. The first-order valence-electron chi connectivity index (χ1n) is 5.50. The van der Waals surface area contributed by atoms with Crippen LogP contribution in [-0.4, -0.2) is 20.2 Å². The Kier molecular flexibility index (Phi) is 4.02. The van der Waals surface area contributed by atoms with Gasteiger partial charge in [0.15, 0.2) is 9.84 Å². The second-order valence-corrected chi connectivity index (χ2v) is 7.01. The van der Waals surface area contributed by atoms with Gasteiger partial charge in [-0.25, -0.2) is 8.42 Å². The first-order valence-corrected chi connectivity index (χ1v) is 7.97. The highest BCUT2D eigenvalue weighted by Crippen LogP contribution is 2.30. The number of hydrogen-bond donors (Lipinski definition) is 1. The van der Waals surface area contributed by atoms with Crippen LogP contribution in [0.4, 0.5) is 0 Å². The van der Waals surface area contributed by atoms with Crippen LogP contribution in [0.2, 0.25) is 10.0 Å². The molecule has 0 radical (unpaired) electrons. The number of rotatable bonds is 3. The van der Waals surface area contributed by atoms with E-state index in [1.165, 1.54) is 5.41 Å². The summed E-state index contributed by atoms with van der Waals surface area (Å²) < 4.78 is 22.6. The van der Waals surface area contributed by atoms with Gasteiger partial charge in [0.25, 0.3) is 0 Å². The summed E-state index contributed by atoms with van der Waals surface area (Å²) in [6, 6.07) is 5.17. The van der Waals surface area contributed by atoms with Crippen molar-refractivity contribution in [3.8, 4) is 0 Å². The van der Waals surface area contributed by atoms with Crippen LogP contribution in [0.15, 0.2) is 29.7 Å². The maximum Gasteiger partial charge on any atom is 0.173 e. The van der Waals surface area contributed by atoms with Crippen molar-refractivity contribution < 1.29 is 8.42 Å². The van der Waals surface area contributed by atoms with Crippen LogP contribution in [0, 0.1) is 0 Å². The van der Waals surface area contributed by atoms with Crippen molar-refractivity contribution in [2.45, 2.75) is 19.0 Å². The monoisotopic (exact) mass is 305 g/mol. The van der Waals surface area contributed by atoms with Gasteiger partial charge in [-0.2, -0.15) is 0 Å². The zero-order valence-corrected chi connectivity index (χ0v) is 12.1. The summed E-state index contributed by atoms with van der Waals surface area (Å²) in [5.41, 5.74) is 0.863. The first-order chi connectivity index (χ1) is 8.39. The Morgan fingerprint density at radius 2 is 2.11 bits per heavy atom. The maximum atomic E-state index is 11.3. The molecule has 1 aliphatic rings. The predicted molar refractivity (Wildman–Crippen MR) is 74.7 cm³/mol. The lowest BCUT2D eigenvalue weighted by atomic mass is 10.1. The Hall–Kier alpha value is -0.550. The zero-order valence-electron chi connectivity index (χ0n) is 9.73. The third kappa shape index (κ3) is 3.06. The fourth-order valence-corrected chi connectivity index (χ4v) is 3.66. The zero-order chi connectivity index (χ0) is 13.3. The second kappa shape index (κ2) is 5.21. The van der Waals surface area contributed by atoms with E-state index in [4.69, 9.17) is 23.2 Å². The minimum atomic E-state index is -3.04. The van der Waals surface area contributed by atoms with Gasteiger partial charge >= 0.3 is 0 Å². The van der Waals surface area contributed by atoms with E-state index in [0.29, 0.717) is 10.0 Å². The molecule has 2 unspecified atom stereocenters. The Labute approximate surface area is 117 Å². The second-order valence-electron chi connectivity index (χ2n) is 4.30. The molecule has 2 rings (SSSR count). The average Bonchev–Trinajstić information content (AvgIpc) is 2.62. The quantitative estimate of drug-likeness (QED) is 0.934. The fourth-order valence-electron chi connectivity index (χ4n) is 1.95. The Balaban J connectivity index is 2.12. The van der Waals surface area contributed by atoms with Crippen molar-refractivity contribution in [1.29, 1.82) is 0 Å². The van der Waals surface area contributed by atoms with E-state index in [-0.39, 0.29) is 17.8 Å². The summed E-state index contributed by atoms with van der Waals surface area (Å²) in [5.74, 6) is 0.0928. The van der Waals surface area contributed by atoms with Crippen molar-refractivity contribution in [3.63, 3.8) is 0 Å². The molecule has 98 valence electrons. The normalized spacial score (nSPS) is 23.2. The largest absolute Gasteiger partial charge is 0.303 e. The molecule has 18 heavy (non-hydrogen) atoms. The number of benzene rings is 1. The molecule has 1 aliphatic heterocycles. The topological polar surface area (TPSA) is 46.2 Å². The molecule has 0 spiro atoms. The molecular weight excluding hydrogens is 293 g/mol.